The number of anilines is 2. The molecule has 6 nitrogen and oxygen atoms in total. The highest BCUT2D eigenvalue weighted by molar-refractivity contribution is 7.80. The Hall–Kier alpha value is -3.84. The number of nitrogens with zero attached hydrogens (tertiary/aromatic N) is 4. The summed E-state index contributed by atoms with van der Waals surface area (Å²) in [6, 6.07) is 26.8. The van der Waals surface area contributed by atoms with Gasteiger partial charge in [0, 0.05) is 49.2 Å². The van der Waals surface area contributed by atoms with Gasteiger partial charge in [0.15, 0.2) is 5.11 Å². The van der Waals surface area contributed by atoms with Gasteiger partial charge in [-0.2, -0.15) is 0 Å². The van der Waals surface area contributed by atoms with Crippen LogP contribution in [0, 0.1) is 0 Å². The molecule has 2 atom stereocenters. The Balaban J connectivity index is 1.58. The summed E-state index contributed by atoms with van der Waals surface area (Å²) in [5.41, 5.74) is 5.33. The van der Waals surface area contributed by atoms with Crippen LogP contribution in [0.1, 0.15) is 37.3 Å². The molecule has 2 unspecified atom stereocenters. The van der Waals surface area contributed by atoms with Crippen LogP contribution < -0.4 is 19.9 Å². The fourth-order valence-electron chi connectivity index (χ4n) is 4.67. The van der Waals surface area contributed by atoms with Gasteiger partial charge in [-0.3, -0.25) is 4.98 Å². The van der Waals surface area contributed by atoms with Crippen molar-refractivity contribution in [2.24, 2.45) is 0 Å². The second kappa shape index (κ2) is 10.0. The Morgan fingerprint density at radius 1 is 0.917 bits per heavy atom. The molecule has 1 aliphatic rings. The molecule has 0 bridgehead atoms. The van der Waals surface area contributed by atoms with E-state index in [1.165, 1.54) is 0 Å². The van der Waals surface area contributed by atoms with E-state index in [1.807, 2.05) is 58.4 Å². The lowest BCUT2D eigenvalue weighted by molar-refractivity contribution is 0.242. The van der Waals surface area contributed by atoms with Crippen LogP contribution in [0.2, 0.25) is 0 Å². The van der Waals surface area contributed by atoms with Crippen LogP contribution in [0.3, 0.4) is 0 Å². The van der Waals surface area contributed by atoms with Gasteiger partial charge in [0.2, 0.25) is 0 Å². The predicted molar refractivity (Wildman–Crippen MR) is 150 cm³/mol. The second-order valence-electron chi connectivity index (χ2n) is 9.37. The lowest BCUT2D eigenvalue weighted by Crippen LogP contribution is -2.30. The highest BCUT2D eigenvalue weighted by atomic mass is 32.1. The van der Waals surface area contributed by atoms with E-state index in [0.717, 1.165) is 34.2 Å². The van der Waals surface area contributed by atoms with E-state index in [4.69, 9.17) is 17.0 Å². The van der Waals surface area contributed by atoms with E-state index in [0.29, 0.717) is 5.11 Å². The molecule has 0 aliphatic carbocycles. The minimum atomic E-state index is -0.111. The van der Waals surface area contributed by atoms with Gasteiger partial charge < -0.3 is 24.4 Å². The van der Waals surface area contributed by atoms with Crippen molar-refractivity contribution >= 4 is 28.7 Å². The molecule has 0 saturated carbocycles. The quantitative estimate of drug-likeness (QED) is 0.321. The molecule has 1 fully saturated rings. The molecule has 0 spiro atoms. The van der Waals surface area contributed by atoms with Crippen LogP contribution in [0.4, 0.5) is 11.4 Å². The maximum absolute atomic E-state index is 5.90. The van der Waals surface area contributed by atoms with E-state index < -0.39 is 0 Å². The molecule has 5 rings (SSSR count). The summed E-state index contributed by atoms with van der Waals surface area (Å²) in [5.74, 6) is 0.842. The summed E-state index contributed by atoms with van der Waals surface area (Å²) >= 11 is 5.90. The molecule has 1 aliphatic heterocycles. The number of hydrogen-bond acceptors (Lipinski definition) is 4. The van der Waals surface area contributed by atoms with E-state index >= 15 is 0 Å². The molecular formula is C29H31N5OS. The van der Waals surface area contributed by atoms with E-state index in [-0.39, 0.29) is 18.2 Å². The first-order valence-corrected chi connectivity index (χ1v) is 12.6. The third-order valence-electron chi connectivity index (χ3n) is 6.31. The van der Waals surface area contributed by atoms with Crippen LogP contribution in [0.15, 0.2) is 91.3 Å². The molecule has 2 aromatic carbocycles. The average molecular weight is 498 g/mol. The maximum atomic E-state index is 5.90. The van der Waals surface area contributed by atoms with Gasteiger partial charge in [-0.25, -0.2) is 0 Å². The number of ether oxygens (including phenoxy) is 1. The molecule has 36 heavy (non-hydrogen) atoms. The fourth-order valence-corrected chi connectivity index (χ4v) is 5.02. The lowest BCUT2D eigenvalue weighted by atomic mass is 10.0. The highest BCUT2D eigenvalue weighted by Gasteiger charge is 2.42. The summed E-state index contributed by atoms with van der Waals surface area (Å²) in [7, 11) is 4.10. The molecule has 2 aromatic heterocycles. The van der Waals surface area contributed by atoms with Gasteiger partial charge in [0.25, 0.3) is 0 Å². The normalized spacial score (nSPS) is 17.4. The zero-order chi connectivity index (χ0) is 25.2. The number of rotatable bonds is 7. The molecule has 0 amide bonds. The number of hydrogen-bond donors (Lipinski definition) is 1. The van der Waals surface area contributed by atoms with Gasteiger partial charge in [-0.15, -0.1) is 0 Å². The van der Waals surface area contributed by atoms with Crippen molar-refractivity contribution < 1.29 is 4.74 Å². The second-order valence-corrected chi connectivity index (χ2v) is 9.76. The van der Waals surface area contributed by atoms with Gasteiger partial charge in [0.05, 0.1) is 17.8 Å². The van der Waals surface area contributed by atoms with Crippen LogP contribution in [-0.2, 0) is 0 Å². The Morgan fingerprint density at radius 2 is 1.64 bits per heavy atom. The molecular weight excluding hydrogens is 466 g/mol. The maximum Gasteiger partial charge on any atom is 0.174 e. The molecule has 1 saturated heterocycles. The summed E-state index contributed by atoms with van der Waals surface area (Å²) in [6.45, 7) is 4.06. The summed E-state index contributed by atoms with van der Waals surface area (Å²) in [5, 5.41) is 4.22. The first-order chi connectivity index (χ1) is 17.4. The van der Waals surface area contributed by atoms with Gasteiger partial charge >= 0.3 is 0 Å². The van der Waals surface area contributed by atoms with Gasteiger partial charge in [-0.05, 0) is 98.9 Å². The van der Waals surface area contributed by atoms with E-state index in [9.17, 15) is 0 Å². The predicted octanol–water partition coefficient (Wildman–Crippen LogP) is 5.90. The van der Waals surface area contributed by atoms with Crippen LogP contribution in [-0.4, -0.2) is 34.9 Å². The zero-order valence-corrected chi connectivity index (χ0v) is 21.8. The molecule has 1 N–H and O–H groups in total. The molecule has 184 valence electrons. The van der Waals surface area contributed by atoms with Crippen LogP contribution in [0.5, 0.6) is 5.75 Å². The fraction of sp³-hybridized carbons (Fsp3) is 0.241. The van der Waals surface area contributed by atoms with Crippen molar-refractivity contribution in [3.8, 4) is 11.4 Å². The summed E-state index contributed by atoms with van der Waals surface area (Å²) < 4.78 is 8.10. The van der Waals surface area contributed by atoms with Crippen molar-refractivity contribution in [1.82, 2.24) is 14.9 Å². The van der Waals surface area contributed by atoms with Crippen molar-refractivity contribution in [3.63, 3.8) is 0 Å². The molecule has 0 radical (unpaired) electrons. The van der Waals surface area contributed by atoms with Crippen LogP contribution in [0.25, 0.3) is 5.69 Å². The number of benzene rings is 2. The van der Waals surface area contributed by atoms with Gasteiger partial charge in [-0.1, -0.05) is 6.07 Å². The van der Waals surface area contributed by atoms with Crippen molar-refractivity contribution in [1.29, 1.82) is 0 Å². The smallest absolute Gasteiger partial charge is 0.174 e. The Bertz CT molecular complexity index is 1320. The van der Waals surface area contributed by atoms with Gasteiger partial charge in [0.1, 0.15) is 11.8 Å². The lowest BCUT2D eigenvalue weighted by Gasteiger charge is -2.29. The van der Waals surface area contributed by atoms with Crippen molar-refractivity contribution in [3.05, 3.63) is 103 Å². The Morgan fingerprint density at radius 3 is 2.28 bits per heavy atom. The van der Waals surface area contributed by atoms with Crippen molar-refractivity contribution in [2.45, 2.75) is 32.0 Å². The number of aromatic nitrogens is 2. The SMILES string of the molecule is CC(C)Oc1ccc(N2C(=S)NC(c3ccccn3)C2c2cccn2-c2ccc(N(C)C)cc2)cc1. The molecule has 4 aromatic rings. The summed E-state index contributed by atoms with van der Waals surface area (Å²) in [6.07, 6.45) is 4.06. The highest BCUT2D eigenvalue weighted by Crippen LogP contribution is 2.42. The standard InChI is InChI=1S/C29H31N5OS/c1-20(2)35-24-16-14-23(15-17-24)34-28(27(31-29(34)36)25-8-5-6-18-30-25)26-9-7-19-33(26)22-12-10-21(11-13-22)32(3)4/h5-20,27-28H,1-4H3,(H,31,36). The first-order valence-electron chi connectivity index (χ1n) is 12.1. The molecule has 7 heteroatoms. The first kappa shape index (κ1) is 23.9. The third-order valence-corrected chi connectivity index (χ3v) is 6.63. The molecule has 3 heterocycles. The third kappa shape index (κ3) is 4.66. The van der Waals surface area contributed by atoms with E-state index in [1.54, 1.807) is 0 Å². The monoisotopic (exact) mass is 497 g/mol. The topological polar surface area (TPSA) is 45.6 Å². The summed E-state index contributed by atoms with van der Waals surface area (Å²) in [4.78, 5) is 8.97. The number of pyridine rings is 1. The zero-order valence-electron chi connectivity index (χ0n) is 21.0. The number of nitrogens with one attached hydrogen (secondary N) is 1. The van der Waals surface area contributed by atoms with Crippen LogP contribution >= 0.6 is 12.2 Å². The van der Waals surface area contributed by atoms with Crippen molar-refractivity contribution in [2.75, 3.05) is 23.9 Å². The average Bonchev–Trinajstić information content (AvgIpc) is 3.49. The Labute approximate surface area is 218 Å². The minimum absolute atomic E-state index is 0.104. The minimum Gasteiger partial charge on any atom is -0.491 e. The Kier molecular flexibility index (Phi) is 6.65. The largest absolute Gasteiger partial charge is 0.491 e. The number of thiocarbonyl (C=S) groups is 1. The van der Waals surface area contributed by atoms with E-state index in [2.05, 4.69) is 85.5 Å².